The summed E-state index contributed by atoms with van der Waals surface area (Å²) in [5.74, 6) is -2.90. The van der Waals surface area contributed by atoms with Crippen LogP contribution in [-0.2, 0) is 14.4 Å². The van der Waals surface area contributed by atoms with E-state index in [0.29, 0.717) is 17.9 Å². The van der Waals surface area contributed by atoms with E-state index < -0.39 is 47.7 Å². The maximum atomic E-state index is 13.0. The molecule has 4 unspecified atom stereocenters. The van der Waals surface area contributed by atoms with Crippen molar-refractivity contribution >= 4 is 23.8 Å². The van der Waals surface area contributed by atoms with Gasteiger partial charge >= 0.3 is 6.03 Å². The van der Waals surface area contributed by atoms with Gasteiger partial charge in [0.25, 0.3) is 0 Å². The molecule has 150 valence electrons. The van der Waals surface area contributed by atoms with Crippen molar-refractivity contribution in [2.45, 2.75) is 25.9 Å². The predicted octanol–water partition coefficient (Wildman–Crippen LogP) is 0.256. The number of imide groups is 1. The minimum absolute atomic E-state index is 0.201. The number of fused-ring (bicyclic) bond motifs is 1. The highest BCUT2D eigenvalue weighted by molar-refractivity contribution is 6.09. The second-order valence-electron chi connectivity index (χ2n) is 6.78. The van der Waals surface area contributed by atoms with Gasteiger partial charge < -0.3 is 20.7 Å². The van der Waals surface area contributed by atoms with Crippen LogP contribution in [0.25, 0.3) is 0 Å². The topological polar surface area (TPSA) is 122 Å². The molecule has 0 radical (unpaired) electrons. The predicted molar refractivity (Wildman–Crippen MR) is 99.0 cm³/mol. The second-order valence-corrected chi connectivity index (χ2v) is 6.78. The number of rotatable bonds is 5. The van der Waals surface area contributed by atoms with Gasteiger partial charge in [-0.3, -0.25) is 19.3 Å². The summed E-state index contributed by atoms with van der Waals surface area (Å²) in [6.45, 7) is 3.97. The van der Waals surface area contributed by atoms with Gasteiger partial charge in [-0.25, -0.2) is 4.79 Å². The zero-order valence-electron chi connectivity index (χ0n) is 16.0. The van der Waals surface area contributed by atoms with Crippen LogP contribution in [0.3, 0.4) is 0 Å². The van der Waals surface area contributed by atoms with E-state index in [1.165, 1.54) is 12.0 Å². The summed E-state index contributed by atoms with van der Waals surface area (Å²) in [6, 6.07) is 4.34. The smallest absolute Gasteiger partial charge is 0.318 e. The number of urea groups is 1. The van der Waals surface area contributed by atoms with Gasteiger partial charge in [-0.15, -0.1) is 0 Å². The van der Waals surface area contributed by atoms with Crippen LogP contribution in [0.4, 0.5) is 4.79 Å². The van der Waals surface area contributed by atoms with E-state index in [-0.39, 0.29) is 6.54 Å². The molecular weight excluding hydrogens is 364 g/mol. The lowest BCUT2D eigenvalue weighted by Crippen LogP contribution is -2.53. The van der Waals surface area contributed by atoms with Crippen LogP contribution < -0.4 is 15.8 Å². The van der Waals surface area contributed by atoms with Crippen LogP contribution in [0.5, 0.6) is 5.75 Å². The van der Waals surface area contributed by atoms with Crippen molar-refractivity contribution in [1.82, 2.24) is 15.1 Å². The normalized spacial score (nSPS) is 26.4. The number of benzene rings is 1. The van der Waals surface area contributed by atoms with E-state index in [9.17, 15) is 19.2 Å². The van der Waals surface area contributed by atoms with Crippen molar-refractivity contribution in [3.63, 3.8) is 0 Å². The van der Waals surface area contributed by atoms with Crippen molar-refractivity contribution < 1.29 is 23.9 Å². The average Bonchev–Trinajstić information content (AvgIpc) is 3.15. The molecule has 2 fully saturated rings. The van der Waals surface area contributed by atoms with Crippen LogP contribution in [0.15, 0.2) is 24.3 Å². The summed E-state index contributed by atoms with van der Waals surface area (Å²) in [4.78, 5) is 53.4. The summed E-state index contributed by atoms with van der Waals surface area (Å²) >= 11 is 0. The maximum absolute atomic E-state index is 13.0. The molecule has 9 nitrogen and oxygen atoms in total. The fourth-order valence-corrected chi connectivity index (χ4v) is 4.25. The van der Waals surface area contributed by atoms with Crippen molar-refractivity contribution in [3.8, 4) is 5.75 Å². The zero-order chi connectivity index (χ0) is 20.6. The number of nitrogens with two attached hydrogens (primary N) is 1. The number of nitrogens with zero attached hydrogens (tertiary/aromatic N) is 2. The van der Waals surface area contributed by atoms with Crippen molar-refractivity contribution in [3.05, 3.63) is 29.8 Å². The van der Waals surface area contributed by atoms with Crippen LogP contribution in [0, 0.1) is 11.8 Å². The van der Waals surface area contributed by atoms with E-state index >= 15 is 0 Å². The van der Waals surface area contributed by atoms with Gasteiger partial charge in [0.1, 0.15) is 11.8 Å². The molecule has 1 aromatic rings. The number of hydrogen-bond acceptors (Lipinski definition) is 5. The minimum Gasteiger partial charge on any atom is -0.497 e. The van der Waals surface area contributed by atoms with E-state index in [2.05, 4.69) is 5.32 Å². The largest absolute Gasteiger partial charge is 0.497 e. The van der Waals surface area contributed by atoms with Crippen molar-refractivity contribution in [1.29, 1.82) is 0 Å². The van der Waals surface area contributed by atoms with Gasteiger partial charge in [0.2, 0.25) is 17.7 Å². The summed E-state index contributed by atoms with van der Waals surface area (Å²) in [7, 11) is 1.53. The van der Waals surface area contributed by atoms with E-state index in [1.54, 1.807) is 38.1 Å². The fraction of sp³-hybridized carbons (Fsp3) is 0.474. The number of nitrogens with one attached hydrogen (secondary N) is 1. The Kier molecular flexibility index (Phi) is 5.26. The molecule has 5 amide bonds. The Hall–Kier alpha value is -3.10. The van der Waals surface area contributed by atoms with Crippen molar-refractivity contribution in [2.24, 2.45) is 17.6 Å². The molecule has 28 heavy (non-hydrogen) atoms. The molecule has 0 aromatic heterocycles. The van der Waals surface area contributed by atoms with E-state index in [0.717, 1.165) is 4.90 Å². The fourth-order valence-electron chi connectivity index (χ4n) is 4.25. The maximum Gasteiger partial charge on any atom is 0.318 e. The Balaban J connectivity index is 2.15. The molecule has 2 aliphatic rings. The first-order chi connectivity index (χ1) is 13.4. The van der Waals surface area contributed by atoms with E-state index in [1.807, 2.05) is 0 Å². The third-order valence-electron chi connectivity index (χ3n) is 5.40. The lowest BCUT2D eigenvalue weighted by atomic mass is 9.86. The molecule has 0 spiro atoms. The van der Waals surface area contributed by atoms with Gasteiger partial charge in [-0.05, 0) is 31.5 Å². The first-order valence-electron chi connectivity index (χ1n) is 9.21. The highest BCUT2D eigenvalue weighted by Gasteiger charge is 2.64. The Morgan fingerprint density at radius 3 is 2.21 bits per heavy atom. The summed E-state index contributed by atoms with van der Waals surface area (Å²) in [5.41, 5.74) is 6.23. The first-order valence-corrected chi connectivity index (χ1v) is 9.21. The Bertz CT molecular complexity index is 809. The molecule has 4 atom stereocenters. The third kappa shape index (κ3) is 2.87. The molecular formula is C19H24N4O5. The van der Waals surface area contributed by atoms with Crippen molar-refractivity contribution in [2.75, 3.05) is 20.2 Å². The number of ether oxygens (including phenoxy) is 1. The Labute approximate surface area is 162 Å². The molecule has 0 bridgehead atoms. The number of primary amides is 1. The molecule has 3 rings (SSSR count). The SMILES string of the molecule is CCNC(=O)N1C(C(N)=O)C2C(=O)N(CC)C(=O)C2C1c1ccc(OC)cc1. The number of amides is 5. The minimum atomic E-state index is -1.20. The first kappa shape index (κ1) is 19.7. The summed E-state index contributed by atoms with van der Waals surface area (Å²) in [5, 5.41) is 2.66. The quantitative estimate of drug-likeness (QED) is 0.701. The molecule has 2 heterocycles. The van der Waals surface area contributed by atoms with Crippen LogP contribution in [-0.4, -0.2) is 59.8 Å². The number of carbonyl (C=O) groups excluding carboxylic acids is 4. The number of carbonyl (C=O) groups is 4. The van der Waals surface area contributed by atoms with Gasteiger partial charge in [-0.1, -0.05) is 12.1 Å². The summed E-state index contributed by atoms with van der Waals surface area (Å²) in [6.07, 6.45) is 0. The third-order valence-corrected chi connectivity index (χ3v) is 5.40. The van der Waals surface area contributed by atoms with Gasteiger partial charge in [0.15, 0.2) is 0 Å². The molecule has 3 N–H and O–H groups in total. The van der Waals surface area contributed by atoms with Crippen LogP contribution in [0.1, 0.15) is 25.5 Å². The average molecular weight is 388 g/mol. The van der Waals surface area contributed by atoms with Gasteiger partial charge in [0, 0.05) is 13.1 Å². The molecule has 0 saturated carbocycles. The molecule has 2 saturated heterocycles. The molecule has 1 aromatic carbocycles. The van der Waals surface area contributed by atoms with Gasteiger partial charge in [0.05, 0.1) is 25.0 Å². The lowest BCUT2D eigenvalue weighted by Gasteiger charge is -2.32. The molecule has 0 aliphatic carbocycles. The Morgan fingerprint density at radius 2 is 1.71 bits per heavy atom. The van der Waals surface area contributed by atoms with Crippen LogP contribution >= 0.6 is 0 Å². The standard InChI is InChI=1S/C19H24N4O5/c1-4-21-19(27)23-14(10-6-8-11(28-3)9-7-10)12-13(15(23)16(20)24)18(26)22(5-2)17(12)25/h6-9,12-15H,4-5H2,1-3H3,(H2,20,24)(H,21,27). The molecule has 2 aliphatic heterocycles. The highest BCUT2D eigenvalue weighted by atomic mass is 16.5. The molecule has 9 heteroatoms. The van der Waals surface area contributed by atoms with Crippen LogP contribution in [0.2, 0.25) is 0 Å². The highest BCUT2D eigenvalue weighted by Crippen LogP contribution is 2.50. The monoisotopic (exact) mass is 388 g/mol. The number of methoxy groups -OCH3 is 1. The Morgan fingerprint density at radius 1 is 1.11 bits per heavy atom. The number of hydrogen-bond donors (Lipinski definition) is 2. The van der Waals surface area contributed by atoms with Gasteiger partial charge in [-0.2, -0.15) is 0 Å². The lowest BCUT2D eigenvalue weighted by molar-refractivity contribution is -0.142. The second kappa shape index (κ2) is 7.49. The van der Waals surface area contributed by atoms with E-state index in [4.69, 9.17) is 10.5 Å². The summed E-state index contributed by atoms with van der Waals surface area (Å²) < 4.78 is 5.17. The number of likely N-dealkylation sites (tertiary alicyclic amines) is 2. The zero-order valence-corrected chi connectivity index (χ0v) is 16.0.